The van der Waals surface area contributed by atoms with Gasteiger partial charge in [0.2, 0.25) is 6.71 Å². The molecule has 0 amide bonds. The number of nitrogens with zero attached hydrogens (tertiary/aromatic N) is 1. The minimum absolute atomic E-state index is 0.00154. The van der Waals surface area contributed by atoms with E-state index in [0.717, 1.165) is 0 Å². The third-order valence-corrected chi connectivity index (χ3v) is 17.5. The van der Waals surface area contributed by atoms with Crippen molar-refractivity contribution in [3.63, 3.8) is 0 Å². The topological polar surface area (TPSA) is 23.8 Å². The van der Waals surface area contributed by atoms with Crippen molar-refractivity contribution < 1.29 is 0 Å². The Morgan fingerprint density at radius 3 is 1.07 bits per heavy atom. The summed E-state index contributed by atoms with van der Waals surface area (Å²) in [6.07, 6.45) is 0. The maximum absolute atomic E-state index is 10.8. The van der Waals surface area contributed by atoms with E-state index in [-0.39, 0.29) is 6.71 Å². The van der Waals surface area contributed by atoms with Crippen molar-refractivity contribution in [1.29, 1.82) is 5.26 Å². The third-order valence-electron chi connectivity index (χ3n) is 13.0. The van der Waals surface area contributed by atoms with Crippen molar-refractivity contribution >= 4 is 171 Å². The normalized spacial score (nSPS) is 13.2. The van der Waals surface area contributed by atoms with E-state index in [1.54, 1.807) is 0 Å². The Balaban J connectivity index is 1.24. The monoisotopic (exact) mass is 787 g/mol. The highest BCUT2D eigenvalue weighted by Crippen LogP contribution is 2.53. The van der Waals surface area contributed by atoms with E-state index in [2.05, 4.69) is 140 Å². The second-order valence-corrected chi connectivity index (χ2v) is 20.0. The van der Waals surface area contributed by atoms with E-state index in [1.807, 2.05) is 45.3 Å². The predicted molar refractivity (Wildman–Crippen MR) is 253 cm³/mol. The number of thiophene rings is 4. The van der Waals surface area contributed by atoms with Gasteiger partial charge in [-0.3, -0.25) is 0 Å². The number of fused-ring (bicyclic) bond motifs is 20. The number of nitriles is 1. The molecule has 0 saturated heterocycles. The lowest BCUT2D eigenvalue weighted by atomic mass is 9.31. The molecule has 1 nitrogen and oxygen atoms in total. The third kappa shape index (κ3) is 3.54. The second-order valence-electron chi connectivity index (χ2n) is 15.7. The smallest absolute Gasteiger partial charge is 0.192 e. The fourth-order valence-electron chi connectivity index (χ4n) is 11.0. The molecule has 2 aliphatic rings. The summed E-state index contributed by atoms with van der Waals surface area (Å²) in [6, 6.07) is 52.9. The van der Waals surface area contributed by atoms with Gasteiger partial charge < -0.3 is 0 Å². The molecular weight excluding hydrogens is 766 g/mol. The molecule has 258 valence electrons. The molecule has 0 bridgehead atoms. The van der Waals surface area contributed by atoms with Crippen LogP contribution in [0, 0.1) is 11.3 Å². The van der Waals surface area contributed by atoms with Gasteiger partial charge in [-0.1, -0.05) is 89.2 Å². The molecule has 4 aromatic heterocycles. The lowest BCUT2D eigenvalue weighted by Crippen LogP contribution is -2.57. The molecule has 13 aromatic rings. The molecule has 2 aliphatic heterocycles. The van der Waals surface area contributed by atoms with Gasteiger partial charge in [0, 0.05) is 91.5 Å². The molecular formula is C51H22BNS4. The molecule has 6 heterocycles. The minimum atomic E-state index is 0.00154. The molecule has 0 fully saturated rings. The zero-order valence-corrected chi connectivity index (χ0v) is 33.1. The highest BCUT2D eigenvalue weighted by Gasteiger charge is 2.41. The van der Waals surface area contributed by atoms with Gasteiger partial charge in [-0.05, 0) is 93.7 Å². The maximum atomic E-state index is 10.8. The van der Waals surface area contributed by atoms with Crippen LogP contribution in [-0.2, 0) is 0 Å². The van der Waals surface area contributed by atoms with E-state index in [4.69, 9.17) is 0 Å². The first-order valence-corrected chi connectivity index (χ1v) is 22.5. The summed E-state index contributed by atoms with van der Waals surface area (Å²) >= 11 is 7.64. The number of rotatable bonds is 0. The molecule has 0 N–H and O–H groups in total. The Morgan fingerprint density at radius 1 is 0.351 bits per heavy atom. The van der Waals surface area contributed by atoms with Crippen LogP contribution in [0.1, 0.15) is 5.56 Å². The Morgan fingerprint density at radius 2 is 0.702 bits per heavy atom. The van der Waals surface area contributed by atoms with Crippen LogP contribution < -0.4 is 16.4 Å². The van der Waals surface area contributed by atoms with E-state index >= 15 is 0 Å². The fraction of sp³-hybridized carbons (Fsp3) is 0. The molecule has 6 heteroatoms. The first kappa shape index (κ1) is 30.1. The van der Waals surface area contributed by atoms with Gasteiger partial charge in [-0.25, -0.2) is 0 Å². The van der Waals surface area contributed by atoms with E-state index in [0.29, 0.717) is 5.56 Å². The largest absolute Gasteiger partial charge is 0.244 e. The highest BCUT2D eigenvalue weighted by molar-refractivity contribution is 7.28. The van der Waals surface area contributed by atoms with E-state index in [9.17, 15) is 5.26 Å². The van der Waals surface area contributed by atoms with E-state index in [1.165, 1.54) is 141 Å². The zero-order chi connectivity index (χ0) is 36.8. The molecule has 0 unspecified atom stereocenters. The molecule has 0 atom stereocenters. The van der Waals surface area contributed by atoms with Gasteiger partial charge in [-0.15, -0.1) is 45.3 Å². The Bertz CT molecular complexity index is 3830. The predicted octanol–water partition coefficient (Wildman–Crippen LogP) is 13.8. The van der Waals surface area contributed by atoms with Crippen LogP contribution in [0.15, 0.2) is 133 Å². The molecule has 0 spiro atoms. The van der Waals surface area contributed by atoms with E-state index < -0.39 is 0 Å². The summed E-state index contributed by atoms with van der Waals surface area (Å²) < 4.78 is 10.6. The van der Waals surface area contributed by atoms with Gasteiger partial charge in [0.1, 0.15) is 0 Å². The van der Waals surface area contributed by atoms with Crippen LogP contribution in [0.3, 0.4) is 0 Å². The van der Waals surface area contributed by atoms with Gasteiger partial charge in [0.25, 0.3) is 0 Å². The van der Waals surface area contributed by atoms with Crippen LogP contribution in [0.2, 0.25) is 0 Å². The number of benzene rings is 9. The molecule has 0 aliphatic carbocycles. The van der Waals surface area contributed by atoms with Crippen LogP contribution in [0.25, 0.3) is 124 Å². The van der Waals surface area contributed by atoms with Crippen molar-refractivity contribution in [3.05, 3.63) is 139 Å². The van der Waals surface area contributed by atoms with Gasteiger partial charge in [-0.2, -0.15) is 5.26 Å². The Kier molecular flexibility index (Phi) is 5.42. The summed E-state index contributed by atoms with van der Waals surface area (Å²) in [5.74, 6) is 0. The van der Waals surface area contributed by atoms with Gasteiger partial charge in [0.15, 0.2) is 0 Å². The van der Waals surface area contributed by atoms with Crippen molar-refractivity contribution in [2.24, 2.45) is 0 Å². The lowest BCUT2D eigenvalue weighted by Gasteiger charge is -2.35. The average Bonchev–Trinajstić information content (AvgIpc) is 4.02. The standard InChI is InChI=1S/C51H22BNS4/c53-23-24-17-31-29-19-39-45(25-9-1-5-13-35(25)54-39)49-43(29)33(21-41-47(49)27-11-3-7-15-37(27)56-41)52-34-22-42-48(28-12-4-8-16-38(28)57-42)50-44(34)30(32(18-24)51(31)52)20-40-46(50)26-10-2-6-14-36(26)55-40/h1-22H. The van der Waals surface area contributed by atoms with Crippen molar-refractivity contribution in [2.45, 2.75) is 0 Å². The summed E-state index contributed by atoms with van der Waals surface area (Å²) in [5.41, 5.74) is 9.76. The first-order valence-electron chi connectivity index (χ1n) is 19.2. The quantitative estimate of drug-likeness (QED) is 0.140. The summed E-state index contributed by atoms with van der Waals surface area (Å²) in [5, 5.41) is 26.9. The SMILES string of the molecule is N#Cc1cc2c3c(c1)-c1cc4sc5ccccc5c4c4c1c(cc1sc5ccccc5c14)B3c1cc3sc4ccccc4c3c3c1c-2cc1sc2ccccc2c13. The summed E-state index contributed by atoms with van der Waals surface area (Å²) in [4.78, 5) is 0. The Labute approximate surface area is 340 Å². The van der Waals surface area contributed by atoms with Crippen LogP contribution in [0.4, 0.5) is 0 Å². The lowest BCUT2D eigenvalue weighted by molar-refractivity contribution is 1.49. The molecule has 9 aromatic carbocycles. The Hall–Kier alpha value is -6.07. The maximum Gasteiger partial charge on any atom is 0.244 e. The highest BCUT2D eigenvalue weighted by atomic mass is 32.1. The summed E-state index contributed by atoms with van der Waals surface area (Å²) in [7, 11) is 0. The van der Waals surface area contributed by atoms with Crippen LogP contribution in [-0.4, -0.2) is 6.71 Å². The van der Waals surface area contributed by atoms with Gasteiger partial charge >= 0.3 is 0 Å². The number of hydrogen-bond donors (Lipinski definition) is 0. The van der Waals surface area contributed by atoms with Gasteiger partial charge in [0.05, 0.1) is 11.6 Å². The summed E-state index contributed by atoms with van der Waals surface area (Å²) in [6.45, 7) is 0.00154. The molecule has 15 rings (SSSR count). The second kappa shape index (κ2) is 10.3. The first-order chi connectivity index (χ1) is 28.2. The van der Waals surface area contributed by atoms with Crippen LogP contribution in [0.5, 0.6) is 0 Å². The van der Waals surface area contributed by atoms with Crippen molar-refractivity contribution in [2.75, 3.05) is 0 Å². The van der Waals surface area contributed by atoms with Crippen molar-refractivity contribution in [1.82, 2.24) is 0 Å². The molecule has 0 saturated carbocycles. The van der Waals surface area contributed by atoms with Crippen molar-refractivity contribution in [3.8, 4) is 28.3 Å². The average molecular weight is 788 g/mol. The minimum Gasteiger partial charge on any atom is -0.192 e. The van der Waals surface area contributed by atoms with Crippen LogP contribution >= 0.6 is 45.3 Å². The molecule has 57 heavy (non-hydrogen) atoms. The zero-order valence-electron chi connectivity index (χ0n) is 29.9. The molecule has 0 radical (unpaired) electrons. The number of hydrogen-bond acceptors (Lipinski definition) is 5. The fourth-order valence-corrected chi connectivity index (χ4v) is 15.6.